The summed E-state index contributed by atoms with van der Waals surface area (Å²) in [5.74, 6) is -0.313. The summed E-state index contributed by atoms with van der Waals surface area (Å²) < 4.78 is 0. The molecular weight excluding hydrogens is 312 g/mol. The molecule has 1 aliphatic rings. The van der Waals surface area contributed by atoms with E-state index in [0.717, 1.165) is 23.4 Å². The molecule has 0 saturated carbocycles. The molecule has 25 heavy (non-hydrogen) atoms. The van der Waals surface area contributed by atoms with Crippen LogP contribution < -0.4 is 9.80 Å². The van der Waals surface area contributed by atoms with Gasteiger partial charge in [0.15, 0.2) is 0 Å². The first-order chi connectivity index (χ1) is 12.0. The molecule has 0 aromatic heterocycles. The van der Waals surface area contributed by atoms with E-state index in [1.165, 1.54) is 0 Å². The molecule has 1 heterocycles. The molecule has 0 saturated heterocycles. The summed E-state index contributed by atoms with van der Waals surface area (Å²) in [5.41, 5.74) is 1.78. The fourth-order valence-corrected chi connectivity index (χ4v) is 3.37. The molecule has 0 fully saturated rings. The van der Waals surface area contributed by atoms with Gasteiger partial charge < -0.3 is 9.80 Å². The van der Waals surface area contributed by atoms with Gasteiger partial charge in [-0.25, -0.2) is 0 Å². The van der Waals surface area contributed by atoms with Crippen molar-refractivity contribution in [2.24, 2.45) is 5.41 Å². The lowest BCUT2D eigenvalue weighted by molar-refractivity contribution is -0.138. The minimum atomic E-state index is -1.12. The second-order valence-electron chi connectivity index (χ2n) is 6.85. The monoisotopic (exact) mass is 336 g/mol. The number of fused-ring (bicyclic) bond motifs is 1. The lowest BCUT2D eigenvalue weighted by Gasteiger charge is -2.33. The van der Waals surface area contributed by atoms with Crippen LogP contribution >= 0.6 is 0 Å². The Hall–Kier alpha value is -2.62. The van der Waals surface area contributed by atoms with Gasteiger partial charge in [-0.05, 0) is 51.0 Å². The predicted molar refractivity (Wildman–Crippen MR) is 101 cm³/mol. The minimum absolute atomic E-state index is 0.142. The van der Waals surface area contributed by atoms with E-state index in [9.17, 15) is 9.59 Å². The number of carbonyl (C=O) groups is 2. The van der Waals surface area contributed by atoms with Crippen LogP contribution in [0.25, 0.3) is 0 Å². The van der Waals surface area contributed by atoms with Gasteiger partial charge in [-0.2, -0.15) is 0 Å². The zero-order chi connectivity index (χ0) is 18.0. The number of amides is 2. The average Bonchev–Trinajstić information content (AvgIpc) is 3.06. The van der Waals surface area contributed by atoms with Crippen LogP contribution in [-0.2, 0) is 16.0 Å². The van der Waals surface area contributed by atoms with Gasteiger partial charge >= 0.3 is 0 Å². The lowest BCUT2D eigenvalue weighted by atomic mass is 9.89. The first-order valence-electron chi connectivity index (χ1n) is 8.73. The number of hydrogen-bond donors (Lipinski definition) is 0. The van der Waals surface area contributed by atoms with Gasteiger partial charge in [0.25, 0.3) is 0 Å². The molecule has 2 amide bonds. The summed E-state index contributed by atoms with van der Waals surface area (Å²) in [7, 11) is 0. The van der Waals surface area contributed by atoms with E-state index < -0.39 is 5.41 Å². The maximum Gasteiger partial charge on any atom is 0.242 e. The van der Waals surface area contributed by atoms with Gasteiger partial charge in [-0.3, -0.25) is 9.59 Å². The molecule has 0 N–H and O–H groups in total. The second-order valence-corrected chi connectivity index (χ2v) is 6.85. The molecule has 0 spiro atoms. The van der Waals surface area contributed by atoms with Crippen LogP contribution in [0.5, 0.6) is 0 Å². The van der Waals surface area contributed by atoms with Gasteiger partial charge in [-0.15, -0.1) is 0 Å². The van der Waals surface area contributed by atoms with E-state index in [0.29, 0.717) is 13.1 Å². The van der Waals surface area contributed by atoms with Gasteiger partial charge in [0.1, 0.15) is 5.41 Å². The molecule has 1 aliphatic heterocycles. The van der Waals surface area contributed by atoms with Crippen LogP contribution in [0.1, 0.15) is 26.3 Å². The largest absolute Gasteiger partial charge is 0.312 e. The van der Waals surface area contributed by atoms with E-state index in [2.05, 4.69) is 0 Å². The van der Waals surface area contributed by atoms with Gasteiger partial charge in [0.2, 0.25) is 11.8 Å². The zero-order valence-electron chi connectivity index (χ0n) is 15.0. The Kier molecular flexibility index (Phi) is 4.62. The third kappa shape index (κ3) is 3.04. The minimum Gasteiger partial charge on any atom is -0.312 e. The van der Waals surface area contributed by atoms with Gasteiger partial charge in [-0.1, -0.05) is 36.4 Å². The van der Waals surface area contributed by atoms with Crippen molar-refractivity contribution in [2.75, 3.05) is 22.9 Å². The molecule has 0 unspecified atom stereocenters. The van der Waals surface area contributed by atoms with E-state index in [1.807, 2.05) is 61.5 Å². The van der Waals surface area contributed by atoms with E-state index >= 15 is 0 Å². The van der Waals surface area contributed by atoms with E-state index in [4.69, 9.17) is 0 Å². The highest BCUT2D eigenvalue weighted by Crippen LogP contribution is 2.33. The number of para-hydroxylation sites is 2. The standard InChI is InChI=1S/C21H24N2O2/c1-4-22(17-11-6-5-7-12-17)19(24)21(2,3)20(25)23-15-14-16-10-8-9-13-18(16)23/h5-13H,4,14-15H2,1-3H3. The third-order valence-corrected chi connectivity index (χ3v) is 4.83. The van der Waals surface area contributed by atoms with E-state index in [1.54, 1.807) is 23.6 Å². The van der Waals surface area contributed by atoms with Crippen molar-refractivity contribution in [3.8, 4) is 0 Å². The summed E-state index contributed by atoms with van der Waals surface area (Å²) in [5, 5.41) is 0. The Morgan fingerprint density at radius 1 is 1.04 bits per heavy atom. The molecule has 130 valence electrons. The average molecular weight is 336 g/mol. The van der Waals surface area contributed by atoms with Crippen LogP contribution in [0.3, 0.4) is 0 Å². The maximum atomic E-state index is 13.2. The SMILES string of the molecule is CCN(C(=O)C(C)(C)C(=O)N1CCc2ccccc21)c1ccccc1. The Morgan fingerprint density at radius 3 is 2.36 bits per heavy atom. The summed E-state index contributed by atoms with van der Waals surface area (Å²) in [6.07, 6.45) is 0.836. The molecule has 0 bridgehead atoms. The summed E-state index contributed by atoms with van der Waals surface area (Å²) in [4.78, 5) is 29.8. The number of anilines is 2. The van der Waals surface area contributed by atoms with Crippen molar-refractivity contribution in [3.63, 3.8) is 0 Å². The Labute approximate surface area is 149 Å². The van der Waals surface area contributed by atoms with Crippen molar-refractivity contribution in [2.45, 2.75) is 27.2 Å². The van der Waals surface area contributed by atoms with Crippen molar-refractivity contribution in [1.29, 1.82) is 0 Å². The molecule has 4 heteroatoms. The van der Waals surface area contributed by atoms with Crippen LogP contribution in [0.2, 0.25) is 0 Å². The lowest BCUT2D eigenvalue weighted by Crippen LogP contribution is -2.51. The highest BCUT2D eigenvalue weighted by Gasteiger charge is 2.43. The zero-order valence-corrected chi connectivity index (χ0v) is 15.0. The Morgan fingerprint density at radius 2 is 1.68 bits per heavy atom. The van der Waals surface area contributed by atoms with Crippen molar-refractivity contribution >= 4 is 23.2 Å². The topological polar surface area (TPSA) is 40.6 Å². The number of hydrogen-bond acceptors (Lipinski definition) is 2. The summed E-state index contributed by atoms with van der Waals surface area (Å²) in [6, 6.07) is 17.4. The molecule has 2 aromatic rings. The van der Waals surface area contributed by atoms with Gasteiger partial charge in [0, 0.05) is 24.5 Å². The van der Waals surface area contributed by atoms with Crippen molar-refractivity contribution in [3.05, 3.63) is 60.2 Å². The smallest absolute Gasteiger partial charge is 0.242 e. The summed E-state index contributed by atoms with van der Waals surface area (Å²) in [6.45, 7) is 6.54. The maximum absolute atomic E-state index is 13.2. The third-order valence-electron chi connectivity index (χ3n) is 4.83. The van der Waals surface area contributed by atoms with Crippen LogP contribution in [-0.4, -0.2) is 24.9 Å². The summed E-state index contributed by atoms with van der Waals surface area (Å²) >= 11 is 0. The first-order valence-corrected chi connectivity index (χ1v) is 8.73. The molecule has 3 rings (SSSR count). The van der Waals surface area contributed by atoms with Crippen LogP contribution in [0.15, 0.2) is 54.6 Å². The quantitative estimate of drug-likeness (QED) is 0.800. The fourth-order valence-electron chi connectivity index (χ4n) is 3.37. The fraction of sp³-hybridized carbons (Fsp3) is 0.333. The van der Waals surface area contributed by atoms with Crippen molar-refractivity contribution in [1.82, 2.24) is 0 Å². The highest BCUT2D eigenvalue weighted by molar-refractivity contribution is 6.16. The number of nitrogens with zero attached hydrogens (tertiary/aromatic N) is 2. The Bertz CT molecular complexity index is 767. The molecule has 2 aromatic carbocycles. The van der Waals surface area contributed by atoms with Gasteiger partial charge in [0.05, 0.1) is 0 Å². The molecular formula is C21H24N2O2. The number of carbonyl (C=O) groups excluding carboxylic acids is 2. The predicted octanol–water partition coefficient (Wildman–Crippen LogP) is 3.66. The number of rotatable bonds is 4. The number of benzene rings is 2. The van der Waals surface area contributed by atoms with Crippen LogP contribution in [0, 0.1) is 5.41 Å². The van der Waals surface area contributed by atoms with Crippen molar-refractivity contribution < 1.29 is 9.59 Å². The normalized spacial score (nSPS) is 13.5. The highest BCUT2D eigenvalue weighted by atomic mass is 16.2. The Balaban J connectivity index is 1.88. The molecule has 0 aliphatic carbocycles. The van der Waals surface area contributed by atoms with Crippen LogP contribution in [0.4, 0.5) is 11.4 Å². The second kappa shape index (κ2) is 6.71. The first kappa shape index (κ1) is 17.2. The molecule has 0 atom stereocenters. The molecule has 0 radical (unpaired) electrons. The molecule has 4 nitrogen and oxygen atoms in total. The van der Waals surface area contributed by atoms with E-state index in [-0.39, 0.29) is 11.8 Å².